The van der Waals surface area contributed by atoms with Crippen LogP contribution in [0, 0.1) is 0 Å². The molecule has 98 valence electrons. The number of hydrogen-bond donors (Lipinski definition) is 1. The standard InChI is InChI=1S/C15H25N.ClH/c1-4-5-7-12-14(16)15(2,3)13-10-8-6-9-11-13;/h6,8-11,14H,4-5,7,12,16H2,1-3H3;1H. The second-order valence-electron chi connectivity index (χ2n) is 5.19. The predicted octanol–water partition coefficient (Wildman–Crippen LogP) is 4.29. The van der Waals surface area contributed by atoms with E-state index in [4.69, 9.17) is 5.73 Å². The zero-order chi connectivity index (χ0) is 12.0. The van der Waals surface area contributed by atoms with Gasteiger partial charge in [0, 0.05) is 11.5 Å². The Balaban J connectivity index is 0.00000256. The van der Waals surface area contributed by atoms with Crippen molar-refractivity contribution in [2.45, 2.75) is 57.9 Å². The lowest BCUT2D eigenvalue weighted by molar-refractivity contribution is 0.377. The fourth-order valence-electron chi connectivity index (χ4n) is 2.06. The van der Waals surface area contributed by atoms with E-state index in [2.05, 4.69) is 51.1 Å². The van der Waals surface area contributed by atoms with Crippen molar-refractivity contribution in [2.75, 3.05) is 0 Å². The number of unbranched alkanes of at least 4 members (excludes halogenated alkanes) is 2. The maximum atomic E-state index is 6.32. The number of rotatable bonds is 6. The van der Waals surface area contributed by atoms with Gasteiger partial charge in [-0.15, -0.1) is 12.4 Å². The molecule has 1 unspecified atom stereocenters. The Morgan fingerprint density at radius 1 is 1.12 bits per heavy atom. The van der Waals surface area contributed by atoms with Gasteiger partial charge in [0.1, 0.15) is 0 Å². The second kappa shape index (κ2) is 7.73. The zero-order valence-electron chi connectivity index (χ0n) is 11.3. The number of halogens is 1. The van der Waals surface area contributed by atoms with E-state index in [-0.39, 0.29) is 23.9 Å². The van der Waals surface area contributed by atoms with E-state index in [0.717, 1.165) is 6.42 Å². The average Bonchev–Trinajstić information content (AvgIpc) is 2.30. The van der Waals surface area contributed by atoms with E-state index in [1.807, 2.05) is 0 Å². The first-order valence-corrected chi connectivity index (χ1v) is 6.40. The van der Waals surface area contributed by atoms with Gasteiger partial charge in [0.05, 0.1) is 0 Å². The monoisotopic (exact) mass is 255 g/mol. The predicted molar refractivity (Wildman–Crippen MR) is 78.8 cm³/mol. The maximum absolute atomic E-state index is 6.32. The summed E-state index contributed by atoms with van der Waals surface area (Å²) in [5, 5.41) is 0. The summed E-state index contributed by atoms with van der Waals surface area (Å²) in [7, 11) is 0. The van der Waals surface area contributed by atoms with E-state index in [1.54, 1.807) is 0 Å². The molecule has 0 heterocycles. The highest BCUT2D eigenvalue weighted by Crippen LogP contribution is 2.28. The summed E-state index contributed by atoms with van der Waals surface area (Å²) in [4.78, 5) is 0. The third kappa shape index (κ3) is 4.69. The molecule has 0 aliphatic carbocycles. The maximum Gasteiger partial charge on any atom is 0.0131 e. The van der Waals surface area contributed by atoms with Crippen molar-refractivity contribution in [3.8, 4) is 0 Å². The molecule has 0 saturated carbocycles. The third-order valence-electron chi connectivity index (χ3n) is 3.56. The fraction of sp³-hybridized carbons (Fsp3) is 0.600. The van der Waals surface area contributed by atoms with Crippen molar-refractivity contribution in [3.63, 3.8) is 0 Å². The van der Waals surface area contributed by atoms with Gasteiger partial charge >= 0.3 is 0 Å². The van der Waals surface area contributed by atoms with Crippen molar-refractivity contribution < 1.29 is 0 Å². The summed E-state index contributed by atoms with van der Waals surface area (Å²) >= 11 is 0. The van der Waals surface area contributed by atoms with Crippen LogP contribution in [0.25, 0.3) is 0 Å². The van der Waals surface area contributed by atoms with E-state index < -0.39 is 0 Å². The van der Waals surface area contributed by atoms with Crippen LogP contribution in [-0.2, 0) is 5.41 Å². The topological polar surface area (TPSA) is 26.0 Å². The van der Waals surface area contributed by atoms with Gasteiger partial charge in [-0.05, 0) is 12.0 Å². The molecule has 0 saturated heterocycles. The second-order valence-corrected chi connectivity index (χ2v) is 5.19. The molecule has 1 aromatic rings. The van der Waals surface area contributed by atoms with Gasteiger partial charge in [-0.3, -0.25) is 0 Å². The summed E-state index contributed by atoms with van der Waals surface area (Å²) in [5.41, 5.74) is 7.75. The lowest BCUT2D eigenvalue weighted by atomic mass is 9.76. The van der Waals surface area contributed by atoms with Crippen LogP contribution in [0.3, 0.4) is 0 Å². The van der Waals surface area contributed by atoms with Crippen LogP contribution in [0.4, 0.5) is 0 Å². The van der Waals surface area contributed by atoms with Crippen molar-refractivity contribution >= 4 is 12.4 Å². The van der Waals surface area contributed by atoms with Crippen LogP contribution in [0.5, 0.6) is 0 Å². The molecule has 1 aromatic carbocycles. The van der Waals surface area contributed by atoms with Crippen LogP contribution < -0.4 is 5.73 Å². The lowest BCUT2D eigenvalue weighted by Crippen LogP contribution is -2.40. The Kier molecular flexibility index (Phi) is 7.49. The van der Waals surface area contributed by atoms with Crippen LogP contribution in [-0.4, -0.2) is 6.04 Å². The van der Waals surface area contributed by atoms with Crippen molar-refractivity contribution in [2.24, 2.45) is 5.73 Å². The molecule has 0 spiro atoms. The fourth-order valence-corrected chi connectivity index (χ4v) is 2.06. The summed E-state index contributed by atoms with van der Waals surface area (Å²) in [6, 6.07) is 10.9. The van der Waals surface area contributed by atoms with Crippen molar-refractivity contribution in [1.29, 1.82) is 0 Å². The summed E-state index contributed by atoms with van der Waals surface area (Å²) in [6.07, 6.45) is 4.92. The van der Waals surface area contributed by atoms with Gasteiger partial charge in [0.15, 0.2) is 0 Å². The molecule has 2 N–H and O–H groups in total. The minimum atomic E-state index is 0. The van der Waals surface area contributed by atoms with E-state index in [1.165, 1.54) is 24.8 Å². The Morgan fingerprint density at radius 3 is 2.24 bits per heavy atom. The van der Waals surface area contributed by atoms with E-state index >= 15 is 0 Å². The normalized spacial score (nSPS) is 12.9. The smallest absolute Gasteiger partial charge is 0.0131 e. The molecular formula is C15H26ClN. The first-order valence-electron chi connectivity index (χ1n) is 6.40. The molecule has 1 rings (SSSR count). The largest absolute Gasteiger partial charge is 0.327 e. The first kappa shape index (κ1) is 16.5. The zero-order valence-corrected chi connectivity index (χ0v) is 12.1. The summed E-state index contributed by atoms with van der Waals surface area (Å²) in [6.45, 7) is 6.73. The van der Waals surface area contributed by atoms with Crippen molar-refractivity contribution in [3.05, 3.63) is 35.9 Å². The van der Waals surface area contributed by atoms with Gasteiger partial charge < -0.3 is 5.73 Å². The van der Waals surface area contributed by atoms with Gasteiger partial charge in [0.25, 0.3) is 0 Å². The number of hydrogen-bond acceptors (Lipinski definition) is 1. The molecular weight excluding hydrogens is 230 g/mol. The molecule has 1 nitrogen and oxygen atoms in total. The number of nitrogens with two attached hydrogens (primary N) is 1. The molecule has 0 aromatic heterocycles. The third-order valence-corrected chi connectivity index (χ3v) is 3.56. The lowest BCUT2D eigenvalue weighted by Gasteiger charge is -2.32. The van der Waals surface area contributed by atoms with Gasteiger partial charge in [0.2, 0.25) is 0 Å². The SMILES string of the molecule is CCCCCC(N)C(C)(C)c1ccccc1.Cl. The Bertz CT molecular complexity index is 295. The minimum absolute atomic E-state index is 0. The summed E-state index contributed by atoms with van der Waals surface area (Å²) in [5.74, 6) is 0. The van der Waals surface area contributed by atoms with E-state index in [0.29, 0.717) is 0 Å². The van der Waals surface area contributed by atoms with Crippen LogP contribution >= 0.6 is 12.4 Å². The van der Waals surface area contributed by atoms with Crippen LogP contribution in [0.2, 0.25) is 0 Å². The van der Waals surface area contributed by atoms with Gasteiger partial charge in [-0.2, -0.15) is 0 Å². The minimum Gasteiger partial charge on any atom is -0.327 e. The molecule has 0 aliphatic rings. The van der Waals surface area contributed by atoms with Crippen LogP contribution in [0.1, 0.15) is 52.0 Å². The number of benzene rings is 1. The Labute approximate surface area is 112 Å². The Hall–Kier alpha value is -0.530. The Morgan fingerprint density at radius 2 is 1.71 bits per heavy atom. The molecule has 2 heteroatoms. The van der Waals surface area contributed by atoms with Gasteiger partial charge in [-0.25, -0.2) is 0 Å². The van der Waals surface area contributed by atoms with Crippen molar-refractivity contribution in [1.82, 2.24) is 0 Å². The quantitative estimate of drug-likeness (QED) is 0.754. The highest BCUT2D eigenvalue weighted by atomic mass is 35.5. The highest BCUT2D eigenvalue weighted by molar-refractivity contribution is 5.85. The van der Waals surface area contributed by atoms with Gasteiger partial charge in [-0.1, -0.05) is 70.4 Å². The molecule has 0 aliphatic heterocycles. The molecule has 0 fully saturated rings. The molecule has 17 heavy (non-hydrogen) atoms. The molecule has 1 atom stereocenters. The summed E-state index contributed by atoms with van der Waals surface area (Å²) < 4.78 is 0. The highest BCUT2D eigenvalue weighted by Gasteiger charge is 2.27. The molecule has 0 amide bonds. The molecule has 0 bridgehead atoms. The first-order chi connectivity index (χ1) is 7.59. The van der Waals surface area contributed by atoms with Crippen LogP contribution in [0.15, 0.2) is 30.3 Å². The average molecular weight is 256 g/mol. The van der Waals surface area contributed by atoms with E-state index in [9.17, 15) is 0 Å². The molecule has 0 radical (unpaired) electrons.